The highest BCUT2D eigenvalue weighted by molar-refractivity contribution is 5.56. The average molecular weight is 280 g/mol. The Morgan fingerprint density at radius 2 is 2.00 bits per heavy atom. The van der Waals surface area contributed by atoms with Gasteiger partial charge in [0.05, 0.1) is 11.8 Å². The molecular weight excluding hydrogens is 255 g/mol. The molecule has 0 amide bonds. The number of hydrogen-bond acceptors (Lipinski definition) is 3. The molecule has 0 aromatic heterocycles. The Hall–Kier alpha value is -1.13. The van der Waals surface area contributed by atoms with Crippen molar-refractivity contribution in [3.63, 3.8) is 0 Å². The van der Waals surface area contributed by atoms with Gasteiger partial charge >= 0.3 is 0 Å². The summed E-state index contributed by atoms with van der Waals surface area (Å²) in [5.41, 5.74) is 1.28. The molecule has 0 spiro atoms. The number of aliphatic hydroxyl groups excluding tert-OH is 1. The molecule has 0 aliphatic carbocycles. The van der Waals surface area contributed by atoms with Crippen LogP contribution in [0.4, 0.5) is 10.1 Å². The molecule has 0 unspecified atom stereocenters. The first-order valence-electron chi connectivity index (χ1n) is 7.35. The number of nitrogens with zero attached hydrogens (tertiary/aromatic N) is 2. The van der Waals surface area contributed by atoms with Gasteiger partial charge in [-0.25, -0.2) is 4.39 Å². The van der Waals surface area contributed by atoms with Crippen LogP contribution in [0.5, 0.6) is 0 Å². The Morgan fingerprint density at radius 1 is 1.35 bits per heavy atom. The van der Waals surface area contributed by atoms with E-state index in [9.17, 15) is 9.50 Å². The molecule has 1 heterocycles. The summed E-state index contributed by atoms with van der Waals surface area (Å²) >= 11 is 0. The molecular formula is C16H25FN2O. The summed E-state index contributed by atoms with van der Waals surface area (Å²) < 4.78 is 14.1. The Morgan fingerprint density at radius 3 is 2.55 bits per heavy atom. The Labute approximate surface area is 121 Å². The Balaban J connectivity index is 2.11. The van der Waals surface area contributed by atoms with E-state index >= 15 is 0 Å². The van der Waals surface area contributed by atoms with Crippen LogP contribution in [-0.2, 0) is 0 Å². The van der Waals surface area contributed by atoms with E-state index in [1.165, 1.54) is 6.07 Å². The number of aliphatic hydroxyl groups is 1. The zero-order valence-electron chi connectivity index (χ0n) is 12.6. The second-order valence-electron chi connectivity index (χ2n) is 6.05. The van der Waals surface area contributed by atoms with Crippen LogP contribution in [0, 0.1) is 11.7 Å². The van der Waals surface area contributed by atoms with E-state index < -0.39 is 6.10 Å². The molecule has 1 aromatic carbocycles. The van der Waals surface area contributed by atoms with E-state index in [1.54, 1.807) is 13.0 Å². The van der Waals surface area contributed by atoms with Crippen molar-refractivity contribution in [1.82, 2.24) is 4.90 Å². The molecule has 1 atom stereocenters. The van der Waals surface area contributed by atoms with Gasteiger partial charge in [0.2, 0.25) is 0 Å². The van der Waals surface area contributed by atoms with Gasteiger partial charge in [-0.3, -0.25) is 0 Å². The van der Waals surface area contributed by atoms with Crippen LogP contribution in [0.2, 0.25) is 0 Å². The van der Waals surface area contributed by atoms with Gasteiger partial charge in [-0.2, -0.15) is 0 Å². The fraction of sp³-hybridized carbons (Fsp3) is 0.625. The minimum atomic E-state index is -0.639. The molecule has 0 bridgehead atoms. The fourth-order valence-corrected chi connectivity index (χ4v) is 3.06. The van der Waals surface area contributed by atoms with E-state index in [1.807, 2.05) is 6.07 Å². The molecule has 1 aliphatic rings. The molecule has 112 valence electrons. The van der Waals surface area contributed by atoms with Crippen LogP contribution in [0.1, 0.15) is 31.4 Å². The molecule has 0 saturated carbocycles. The summed E-state index contributed by atoms with van der Waals surface area (Å²) in [6, 6.07) is 4.96. The van der Waals surface area contributed by atoms with Crippen LogP contribution in [-0.4, -0.2) is 43.7 Å². The van der Waals surface area contributed by atoms with Crippen molar-refractivity contribution in [2.45, 2.75) is 25.9 Å². The molecule has 3 nitrogen and oxygen atoms in total. The summed E-state index contributed by atoms with van der Waals surface area (Å²) in [4.78, 5) is 4.30. The van der Waals surface area contributed by atoms with Crippen LogP contribution in [0.15, 0.2) is 18.2 Å². The van der Waals surface area contributed by atoms with Crippen molar-refractivity contribution in [3.05, 3.63) is 29.6 Å². The summed E-state index contributed by atoms with van der Waals surface area (Å²) in [6.45, 7) is 4.50. The highest BCUT2D eigenvalue weighted by Gasteiger charge is 2.24. The summed E-state index contributed by atoms with van der Waals surface area (Å²) in [6.07, 6.45) is 1.51. The van der Waals surface area contributed by atoms with E-state index in [0.717, 1.165) is 32.5 Å². The van der Waals surface area contributed by atoms with Gasteiger partial charge in [0, 0.05) is 25.2 Å². The number of piperidine rings is 1. The van der Waals surface area contributed by atoms with E-state index in [4.69, 9.17) is 0 Å². The fourth-order valence-electron chi connectivity index (χ4n) is 3.06. The Kier molecular flexibility index (Phi) is 5.00. The van der Waals surface area contributed by atoms with Crippen LogP contribution >= 0.6 is 0 Å². The Bertz CT molecular complexity index is 440. The van der Waals surface area contributed by atoms with Crippen LogP contribution < -0.4 is 4.90 Å². The van der Waals surface area contributed by atoms with Crippen LogP contribution in [0.3, 0.4) is 0 Å². The van der Waals surface area contributed by atoms with Crippen molar-refractivity contribution < 1.29 is 9.50 Å². The van der Waals surface area contributed by atoms with Crippen LogP contribution in [0.25, 0.3) is 0 Å². The minimum Gasteiger partial charge on any atom is -0.389 e. The number of hydrogen-bond donors (Lipinski definition) is 1. The first-order chi connectivity index (χ1) is 9.49. The van der Waals surface area contributed by atoms with E-state index in [2.05, 4.69) is 23.9 Å². The van der Waals surface area contributed by atoms with E-state index in [0.29, 0.717) is 17.2 Å². The molecule has 1 N–H and O–H groups in total. The standard InChI is InChI=1S/C16H25FN2O/c1-12(20)14-5-4-6-15(17)16(14)19-9-7-13(8-10-19)11-18(2)3/h4-6,12-13,20H,7-11H2,1-3H3/t12-/m1/s1. The zero-order valence-corrected chi connectivity index (χ0v) is 12.6. The maximum atomic E-state index is 14.1. The maximum absolute atomic E-state index is 14.1. The van der Waals surface area contributed by atoms with Gasteiger partial charge in [-0.1, -0.05) is 12.1 Å². The second kappa shape index (κ2) is 6.55. The third-order valence-corrected chi connectivity index (χ3v) is 4.02. The zero-order chi connectivity index (χ0) is 14.7. The number of halogens is 1. The highest BCUT2D eigenvalue weighted by atomic mass is 19.1. The van der Waals surface area contributed by atoms with Crippen molar-refractivity contribution >= 4 is 5.69 Å². The molecule has 4 heteroatoms. The third-order valence-electron chi connectivity index (χ3n) is 4.02. The normalized spacial score (nSPS) is 18.6. The lowest BCUT2D eigenvalue weighted by atomic mass is 9.95. The van der Waals surface area contributed by atoms with Gasteiger partial charge in [0.15, 0.2) is 0 Å². The van der Waals surface area contributed by atoms with Crippen molar-refractivity contribution in [3.8, 4) is 0 Å². The average Bonchev–Trinajstić information content (AvgIpc) is 2.39. The van der Waals surface area contributed by atoms with E-state index in [-0.39, 0.29) is 5.82 Å². The molecule has 1 aliphatic heterocycles. The molecule has 1 aromatic rings. The predicted octanol–water partition coefficient (Wildman–Crippen LogP) is 2.66. The third kappa shape index (κ3) is 3.49. The monoisotopic (exact) mass is 280 g/mol. The van der Waals surface area contributed by atoms with Gasteiger partial charge in [-0.05, 0) is 45.8 Å². The lowest BCUT2D eigenvalue weighted by Gasteiger charge is -2.36. The number of para-hydroxylation sites is 1. The lowest BCUT2D eigenvalue weighted by Crippen LogP contribution is -2.38. The van der Waals surface area contributed by atoms with Gasteiger partial charge in [0.1, 0.15) is 5.82 Å². The second-order valence-corrected chi connectivity index (χ2v) is 6.05. The molecule has 0 radical (unpaired) electrons. The largest absolute Gasteiger partial charge is 0.389 e. The quantitative estimate of drug-likeness (QED) is 0.918. The predicted molar refractivity (Wildman–Crippen MR) is 80.5 cm³/mol. The number of benzene rings is 1. The first-order valence-corrected chi connectivity index (χ1v) is 7.35. The van der Waals surface area contributed by atoms with Gasteiger partial charge < -0.3 is 14.9 Å². The van der Waals surface area contributed by atoms with Crippen molar-refractivity contribution in [1.29, 1.82) is 0 Å². The first kappa shape index (κ1) is 15.3. The van der Waals surface area contributed by atoms with Gasteiger partial charge in [-0.15, -0.1) is 0 Å². The molecule has 1 saturated heterocycles. The summed E-state index contributed by atoms with van der Waals surface area (Å²) in [5, 5.41) is 9.83. The number of anilines is 1. The smallest absolute Gasteiger partial charge is 0.146 e. The minimum absolute atomic E-state index is 0.227. The SMILES string of the molecule is C[C@@H](O)c1cccc(F)c1N1CCC(CN(C)C)CC1. The lowest BCUT2D eigenvalue weighted by molar-refractivity contribution is 0.198. The molecule has 20 heavy (non-hydrogen) atoms. The van der Waals surface area contributed by atoms with Gasteiger partial charge in [0.25, 0.3) is 0 Å². The number of rotatable bonds is 4. The molecule has 1 fully saturated rings. The molecule has 2 rings (SSSR count). The van der Waals surface area contributed by atoms with Crippen molar-refractivity contribution in [2.24, 2.45) is 5.92 Å². The maximum Gasteiger partial charge on any atom is 0.146 e. The topological polar surface area (TPSA) is 26.7 Å². The summed E-state index contributed by atoms with van der Waals surface area (Å²) in [7, 11) is 4.18. The van der Waals surface area contributed by atoms with Crippen molar-refractivity contribution in [2.75, 3.05) is 38.6 Å². The highest BCUT2D eigenvalue weighted by Crippen LogP contribution is 2.32. The summed E-state index contributed by atoms with van der Waals surface area (Å²) in [5.74, 6) is 0.456.